The van der Waals surface area contributed by atoms with Crippen LogP contribution in [0.3, 0.4) is 0 Å². The van der Waals surface area contributed by atoms with Gasteiger partial charge in [-0.25, -0.2) is 0 Å². The number of amides is 2. The Morgan fingerprint density at radius 1 is 1.06 bits per heavy atom. The first-order chi connectivity index (χ1) is 7.53. The van der Waals surface area contributed by atoms with Gasteiger partial charge in [0, 0.05) is 25.3 Å². The van der Waals surface area contributed by atoms with E-state index in [1.54, 1.807) is 7.05 Å². The highest BCUT2D eigenvalue weighted by Gasteiger charge is 2.39. The van der Waals surface area contributed by atoms with Crippen molar-refractivity contribution in [3.05, 3.63) is 35.9 Å². The zero-order valence-electron chi connectivity index (χ0n) is 9.56. The summed E-state index contributed by atoms with van der Waals surface area (Å²) < 4.78 is 0. The van der Waals surface area contributed by atoms with E-state index in [-0.39, 0.29) is 17.2 Å². The maximum absolute atomic E-state index is 11.7. The van der Waals surface area contributed by atoms with Crippen molar-refractivity contribution in [2.75, 3.05) is 7.05 Å². The standard InChI is InChI=1S/C13H15NO2/c1-13(10-6-4-3-5-7-10)8-11(15)14(2)12(16)9-13/h3-7H,8-9H2,1-2H3. The molecule has 1 heterocycles. The predicted molar refractivity (Wildman–Crippen MR) is 60.8 cm³/mol. The third-order valence-electron chi connectivity index (χ3n) is 3.30. The molecule has 16 heavy (non-hydrogen) atoms. The van der Waals surface area contributed by atoms with E-state index in [0.717, 1.165) is 5.56 Å². The van der Waals surface area contributed by atoms with Crippen LogP contribution in [0.5, 0.6) is 0 Å². The number of rotatable bonds is 1. The second kappa shape index (κ2) is 3.74. The molecule has 3 heteroatoms. The van der Waals surface area contributed by atoms with Crippen molar-refractivity contribution in [3.8, 4) is 0 Å². The van der Waals surface area contributed by atoms with Crippen molar-refractivity contribution in [3.63, 3.8) is 0 Å². The van der Waals surface area contributed by atoms with E-state index in [4.69, 9.17) is 0 Å². The first-order valence-electron chi connectivity index (χ1n) is 5.38. The van der Waals surface area contributed by atoms with Crippen LogP contribution in [0.4, 0.5) is 0 Å². The summed E-state index contributed by atoms with van der Waals surface area (Å²) in [4.78, 5) is 24.6. The Balaban J connectivity index is 2.34. The smallest absolute Gasteiger partial charge is 0.229 e. The number of nitrogens with zero attached hydrogens (tertiary/aromatic N) is 1. The van der Waals surface area contributed by atoms with Crippen LogP contribution in [0, 0.1) is 0 Å². The summed E-state index contributed by atoms with van der Waals surface area (Å²) in [5.74, 6) is -0.190. The van der Waals surface area contributed by atoms with Crippen molar-refractivity contribution in [2.24, 2.45) is 0 Å². The van der Waals surface area contributed by atoms with Gasteiger partial charge >= 0.3 is 0 Å². The van der Waals surface area contributed by atoms with Crippen molar-refractivity contribution < 1.29 is 9.59 Å². The van der Waals surface area contributed by atoms with Gasteiger partial charge in [0.05, 0.1) is 0 Å². The van der Waals surface area contributed by atoms with E-state index in [1.807, 2.05) is 37.3 Å². The molecular formula is C13H15NO2. The molecule has 1 aliphatic heterocycles. The normalized spacial score (nSPS) is 20.0. The van der Waals surface area contributed by atoms with E-state index in [1.165, 1.54) is 4.90 Å². The van der Waals surface area contributed by atoms with Crippen LogP contribution >= 0.6 is 0 Å². The SMILES string of the molecule is CN1C(=O)CC(C)(c2ccccc2)CC1=O. The van der Waals surface area contributed by atoms with Gasteiger partial charge in [0.15, 0.2) is 0 Å². The van der Waals surface area contributed by atoms with Gasteiger partial charge in [0.2, 0.25) is 11.8 Å². The maximum atomic E-state index is 11.7. The summed E-state index contributed by atoms with van der Waals surface area (Å²) in [7, 11) is 1.55. The van der Waals surface area contributed by atoms with E-state index >= 15 is 0 Å². The molecule has 0 aromatic heterocycles. The minimum atomic E-state index is -0.345. The second-order valence-corrected chi connectivity index (χ2v) is 4.63. The number of benzene rings is 1. The number of likely N-dealkylation sites (tertiary alicyclic amines) is 1. The fraction of sp³-hybridized carbons (Fsp3) is 0.385. The molecule has 0 aliphatic carbocycles. The minimum absolute atomic E-state index is 0.0948. The third kappa shape index (κ3) is 1.73. The van der Waals surface area contributed by atoms with Crippen molar-refractivity contribution >= 4 is 11.8 Å². The average molecular weight is 217 g/mol. The van der Waals surface area contributed by atoms with Gasteiger partial charge in [-0.1, -0.05) is 37.3 Å². The molecule has 0 saturated carbocycles. The largest absolute Gasteiger partial charge is 0.286 e. The summed E-state index contributed by atoms with van der Waals surface area (Å²) in [5.41, 5.74) is 0.715. The Hall–Kier alpha value is -1.64. The first kappa shape index (κ1) is 10.9. The lowest BCUT2D eigenvalue weighted by Crippen LogP contribution is -2.46. The van der Waals surface area contributed by atoms with Crippen molar-refractivity contribution in [2.45, 2.75) is 25.2 Å². The molecule has 0 N–H and O–H groups in total. The Labute approximate surface area is 95.1 Å². The Bertz CT molecular complexity index is 407. The zero-order valence-corrected chi connectivity index (χ0v) is 9.56. The van der Waals surface area contributed by atoms with E-state index in [2.05, 4.69) is 0 Å². The third-order valence-corrected chi connectivity index (χ3v) is 3.30. The Morgan fingerprint density at radius 2 is 1.56 bits per heavy atom. The lowest BCUT2D eigenvalue weighted by Gasteiger charge is -2.36. The fourth-order valence-corrected chi connectivity index (χ4v) is 2.15. The molecule has 1 aromatic rings. The summed E-state index contributed by atoms with van der Waals surface area (Å²) in [5, 5.41) is 0. The van der Waals surface area contributed by atoms with Gasteiger partial charge in [-0.05, 0) is 5.56 Å². The van der Waals surface area contributed by atoms with Gasteiger partial charge in [-0.2, -0.15) is 0 Å². The molecule has 1 aliphatic rings. The highest BCUT2D eigenvalue weighted by molar-refractivity contribution is 5.99. The average Bonchev–Trinajstić information content (AvgIpc) is 2.27. The zero-order chi connectivity index (χ0) is 11.8. The highest BCUT2D eigenvalue weighted by Crippen LogP contribution is 2.35. The molecule has 0 spiro atoms. The molecule has 0 atom stereocenters. The van der Waals surface area contributed by atoms with Crippen molar-refractivity contribution in [1.82, 2.24) is 4.90 Å². The number of piperidine rings is 1. The molecule has 1 fully saturated rings. The molecule has 1 aromatic carbocycles. The monoisotopic (exact) mass is 217 g/mol. The molecule has 0 unspecified atom stereocenters. The number of carbonyl (C=O) groups is 2. The second-order valence-electron chi connectivity index (χ2n) is 4.63. The highest BCUT2D eigenvalue weighted by atomic mass is 16.2. The number of imide groups is 1. The number of hydrogen-bond donors (Lipinski definition) is 0. The van der Waals surface area contributed by atoms with E-state index in [0.29, 0.717) is 12.8 Å². The van der Waals surface area contributed by atoms with Gasteiger partial charge in [-0.3, -0.25) is 14.5 Å². The van der Waals surface area contributed by atoms with Crippen LogP contribution in [-0.4, -0.2) is 23.8 Å². The summed E-state index contributed by atoms with van der Waals surface area (Å²) in [6.45, 7) is 1.98. The maximum Gasteiger partial charge on any atom is 0.229 e. The first-order valence-corrected chi connectivity index (χ1v) is 5.38. The molecule has 0 radical (unpaired) electrons. The number of carbonyl (C=O) groups excluding carboxylic acids is 2. The van der Waals surface area contributed by atoms with Crippen LogP contribution < -0.4 is 0 Å². The quantitative estimate of drug-likeness (QED) is 0.672. The molecule has 2 rings (SSSR count). The molecule has 2 amide bonds. The molecule has 3 nitrogen and oxygen atoms in total. The van der Waals surface area contributed by atoms with Crippen LogP contribution in [0.25, 0.3) is 0 Å². The van der Waals surface area contributed by atoms with Gasteiger partial charge in [0.1, 0.15) is 0 Å². The minimum Gasteiger partial charge on any atom is -0.286 e. The molecule has 0 bridgehead atoms. The van der Waals surface area contributed by atoms with Crippen LogP contribution in [0.2, 0.25) is 0 Å². The van der Waals surface area contributed by atoms with Crippen LogP contribution in [0.15, 0.2) is 30.3 Å². The Kier molecular flexibility index (Phi) is 2.54. The topological polar surface area (TPSA) is 37.4 Å². The lowest BCUT2D eigenvalue weighted by molar-refractivity contribution is -0.148. The van der Waals surface area contributed by atoms with Gasteiger partial charge < -0.3 is 0 Å². The molecular weight excluding hydrogens is 202 g/mol. The van der Waals surface area contributed by atoms with Crippen LogP contribution in [-0.2, 0) is 15.0 Å². The number of hydrogen-bond acceptors (Lipinski definition) is 2. The lowest BCUT2D eigenvalue weighted by atomic mass is 9.74. The summed E-state index contributed by atoms with van der Waals surface area (Å²) in [6.07, 6.45) is 0.804. The summed E-state index contributed by atoms with van der Waals surface area (Å²) >= 11 is 0. The van der Waals surface area contributed by atoms with Crippen molar-refractivity contribution in [1.29, 1.82) is 0 Å². The van der Waals surface area contributed by atoms with Crippen LogP contribution in [0.1, 0.15) is 25.3 Å². The molecule has 1 saturated heterocycles. The molecule has 84 valence electrons. The van der Waals surface area contributed by atoms with E-state index < -0.39 is 0 Å². The van der Waals surface area contributed by atoms with Gasteiger partial charge in [-0.15, -0.1) is 0 Å². The predicted octanol–water partition coefficient (Wildman–Crippen LogP) is 1.72. The van der Waals surface area contributed by atoms with Gasteiger partial charge in [0.25, 0.3) is 0 Å². The summed E-state index contributed by atoms with van der Waals surface area (Å²) in [6, 6.07) is 9.77. The van der Waals surface area contributed by atoms with E-state index in [9.17, 15) is 9.59 Å². The Morgan fingerprint density at radius 3 is 2.06 bits per heavy atom. The fourth-order valence-electron chi connectivity index (χ4n) is 2.15.